The fourth-order valence-corrected chi connectivity index (χ4v) is 5.59. The predicted molar refractivity (Wildman–Crippen MR) is 154 cm³/mol. The van der Waals surface area contributed by atoms with Crippen molar-refractivity contribution in [1.82, 2.24) is 4.37 Å². The van der Waals surface area contributed by atoms with Gasteiger partial charge in [-0.3, -0.25) is 4.99 Å². The smallest absolute Gasteiger partial charge is 0.406 e. The first kappa shape index (κ1) is 26.0. The van der Waals surface area contributed by atoms with Gasteiger partial charge < -0.3 is 4.74 Å². The molecule has 5 rings (SSSR count). The monoisotopic (exact) mass is 548 g/mol. The van der Waals surface area contributed by atoms with Gasteiger partial charge in [0.2, 0.25) is 0 Å². The number of aromatic nitrogens is 1. The highest BCUT2D eigenvalue weighted by atomic mass is 32.1. The van der Waals surface area contributed by atoms with Gasteiger partial charge in [0.15, 0.2) is 0 Å². The maximum absolute atomic E-state index is 12.5. The van der Waals surface area contributed by atoms with Gasteiger partial charge in [-0.1, -0.05) is 54.7 Å². The lowest BCUT2D eigenvalue weighted by molar-refractivity contribution is -0.274. The molecule has 0 atom stereocenters. The largest absolute Gasteiger partial charge is 0.573 e. The van der Waals surface area contributed by atoms with Crippen molar-refractivity contribution < 1.29 is 17.9 Å². The van der Waals surface area contributed by atoms with Crippen LogP contribution in [0.5, 0.6) is 5.75 Å². The van der Waals surface area contributed by atoms with Crippen LogP contribution in [-0.2, 0) is 6.42 Å². The molecule has 0 spiro atoms. The molecule has 0 amide bonds. The van der Waals surface area contributed by atoms with Gasteiger partial charge in [0, 0.05) is 28.3 Å². The minimum absolute atomic E-state index is 0.249. The van der Waals surface area contributed by atoms with E-state index in [1.54, 1.807) is 12.1 Å². The maximum Gasteiger partial charge on any atom is 0.573 e. The number of benzene rings is 4. The zero-order chi connectivity index (χ0) is 26.9. The van der Waals surface area contributed by atoms with Crippen LogP contribution in [0.1, 0.15) is 22.3 Å². The molecule has 0 unspecified atom stereocenters. The molecule has 0 aliphatic rings. The van der Waals surface area contributed by atoms with Crippen LogP contribution in [0.25, 0.3) is 32.1 Å². The summed E-state index contributed by atoms with van der Waals surface area (Å²) in [6.07, 6.45) is -2.13. The number of fused-ring (bicyclic) bond motifs is 3. The van der Waals surface area contributed by atoms with Crippen molar-refractivity contribution in [3.63, 3.8) is 0 Å². The number of ether oxygens (including phenoxy) is 1. The molecule has 1 aromatic heterocycles. The van der Waals surface area contributed by atoms with E-state index in [0.29, 0.717) is 6.54 Å². The third-order valence-electron chi connectivity index (χ3n) is 6.36. The van der Waals surface area contributed by atoms with Crippen LogP contribution in [0.4, 0.5) is 13.2 Å². The van der Waals surface area contributed by atoms with Crippen molar-refractivity contribution in [3.8, 4) is 16.2 Å². The van der Waals surface area contributed by atoms with E-state index in [9.17, 15) is 13.2 Å². The Balaban J connectivity index is 1.32. The standard InChI is InChI=1S/C30H23F3N2OS2/c1-18-4-3-5-19(2)27(18)15-24(37)17-34-16-20-6-12-25-22(14-20)9-13-26-28(25)35-38-29(26)21-7-10-23(11-8-21)36-30(31,32)33/h3-14,16H,15,17H2,1-2H3. The Hall–Kier alpha value is -3.62. The first-order valence-electron chi connectivity index (χ1n) is 11.9. The first-order chi connectivity index (χ1) is 18.2. The topological polar surface area (TPSA) is 34.5 Å². The molecule has 0 saturated carbocycles. The van der Waals surface area contributed by atoms with Crippen LogP contribution < -0.4 is 4.74 Å². The number of hydrogen-bond donors (Lipinski definition) is 0. The number of nitrogens with zero attached hydrogens (tertiary/aromatic N) is 2. The number of alkyl halides is 3. The summed E-state index contributed by atoms with van der Waals surface area (Å²) in [4.78, 5) is 6.37. The second-order valence-electron chi connectivity index (χ2n) is 9.08. The number of hydrogen-bond acceptors (Lipinski definition) is 5. The van der Waals surface area contributed by atoms with E-state index in [4.69, 9.17) is 12.2 Å². The quantitative estimate of drug-likeness (QED) is 0.151. The maximum atomic E-state index is 12.5. The average molecular weight is 549 g/mol. The second kappa shape index (κ2) is 10.6. The number of thiocarbonyl (C=S) groups is 1. The lowest BCUT2D eigenvalue weighted by Crippen LogP contribution is -2.16. The Morgan fingerprint density at radius 2 is 1.68 bits per heavy atom. The minimum Gasteiger partial charge on any atom is -0.406 e. The van der Waals surface area contributed by atoms with Crippen LogP contribution in [0, 0.1) is 13.8 Å². The van der Waals surface area contributed by atoms with Gasteiger partial charge >= 0.3 is 6.36 Å². The van der Waals surface area contributed by atoms with E-state index in [-0.39, 0.29) is 5.75 Å². The first-order valence-corrected chi connectivity index (χ1v) is 13.1. The van der Waals surface area contributed by atoms with Gasteiger partial charge in [-0.05, 0) is 88.9 Å². The fourth-order valence-electron chi connectivity index (χ4n) is 4.48. The molecule has 38 heavy (non-hydrogen) atoms. The molecule has 0 radical (unpaired) electrons. The van der Waals surface area contributed by atoms with Crippen LogP contribution in [0.15, 0.2) is 77.8 Å². The Bertz CT molecular complexity index is 1650. The van der Waals surface area contributed by atoms with Gasteiger partial charge in [0.25, 0.3) is 0 Å². The molecule has 0 aliphatic carbocycles. The zero-order valence-corrected chi connectivity index (χ0v) is 22.3. The summed E-state index contributed by atoms with van der Waals surface area (Å²) >= 11 is 6.92. The molecule has 8 heteroatoms. The fraction of sp³-hybridized carbons (Fsp3) is 0.167. The number of aryl methyl sites for hydroxylation is 2. The summed E-state index contributed by atoms with van der Waals surface area (Å²) in [6, 6.07) is 22.2. The highest BCUT2D eigenvalue weighted by Crippen LogP contribution is 2.37. The SMILES string of the molecule is Cc1cccc(C)c1CC(=S)CN=Cc1ccc2c(ccc3c(-c4ccc(OC(F)(F)F)cc4)snc32)c1. The molecule has 0 saturated heterocycles. The second-order valence-corrected chi connectivity index (χ2v) is 10.4. The lowest BCUT2D eigenvalue weighted by Gasteiger charge is -2.09. The molecule has 5 aromatic rings. The van der Waals surface area contributed by atoms with Gasteiger partial charge in [-0.2, -0.15) is 4.37 Å². The van der Waals surface area contributed by atoms with Crippen molar-refractivity contribution >= 4 is 56.5 Å². The number of rotatable bonds is 7. The summed E-state index contributed by atoms with van der Waals surface area (Å²) in [5.74, 6) is -0.249. The van der Waals surface area contributed by atoms with Gasteiger partial charge in [0.05, 0.1) is 16.9 Å². The van der Waals surface area contributed by atoms with Gasteiger partial charge in [-0.15, -0.1) is 13.2 Å². The number of aliphatic imine (C=N–C) groups is 1. The molecule has 192 valence electrons. The van der Waals surface area contributed by atoms with Crippen molar-refractivity contribution in [2.45, 2.75) is 26.6 Å². The Labute approximate surface area is 227 Å². The molecule has 0 fully saturated rings. The summed E-state index contributed by atoms with van der Waals surface area (Å²) < 4.78 is 46.0. The van der Waals surface area contributed by atoms with Crippen LogP contribution >= 0.6 is 23.8 Å². The van der Waals surface area contributed by atoms with Crippen LogP contribution in [0.3, 0.4) is 0 Å². The van der Waals surface area contributed by atoms with Crippen molar-refractivity contribution in [1.29, 1.82) is 0 Å². The third kappa shape index (κ3) is 5.76. The van der Waals surface area contributed by atoms with E-state index in [1.807, 2.05) is 30.5 Å². The summed E-state index contributed by atoms with van der Waals surface area (Å²) in [6.45, 7) is 4.70. The molecule has 1 heterocycles. The van der Waals surface area contributed by atoms with Crippen molar-refractivity contribution in [3.05, 3.63) is 95.1 Å². The average Bonchev–Trinajstić information content (AvgIpc) is 3.30. The Morgan fingerprint density at radius 1 is 0.974 bits per heavy atom. The summed E-state index contributed by atoms with van der Waals surface area (Å²) in [7, 11) is 0. The molecular formula is C30H23F3N2OS2. The Kier molecular flexibility index (Phi) is 7.27. The highest BCUT2D eigenvalue weighted by molar-refractivity contribution is 7.80. The zero-order valence-electron chi connectivity index (χ0n) is 20.7. The highest BCUT2D eigenvalue weighted by Gasteiger charge is 2.31. The molecule has 0 bridgehead atoms. The van der Waals surface area contributed by atoms with Crippen molar-refractivity contribution in [2.24, 2.45) is 4.99 Å². The van der Waals surface area contributed by atoms with Gasteiger partial charge in [0.1, 0.15) is 5.75 Å². The molecule has 0 aliphatic heterocycles. The third-order valence-corrected chi connectivity index (χ3v) is 7.55. The molecular weight excluding hydrogens is 525 g/mol. The summed E-state index contributed by atoms with van der Waals surface area (Å²) in [5, 5.41) is 2.99. The van der Waals surface area contributed by atoms with E-state index < -0.39 is 6.36 Å². The van der Waals surface area contributed by atoms with E-state index in [2.05, 4.69) is 52.2 Å². The van der Waals surface area contributed by atoms with E-state index in [1.165, 1.54) is 40.4 Å². The minimum atomic E-state index is -4.71. The van der Waals surface area contributed by atoms with Gasteiger partial charge in [-0.25, -0.2) is 0 Å². The molecule has 0 N–H and O–H groups in total. The predicted octanol–water partition coefficient (Wildman–Crippen LogP) is 8.66. The van der Waals surface area contributed by atoms with Crippen LogP contribution in [0.2, 0.25) is 0 Å². The number of halogens is 3. The molecule has 3 nitrogen and oxygen atoms in total. The molecule has 4 aromatic carbocycles. The normalized spacial score (nSPS) is 12.0. The summed E-state index contributed by atoms with van der Waals surface area (Å²) in [5.41, 5.74) is 6.38. The Morgan fingerprint density at radius 3 is 2.39 bits per heavy atom. The van der Waals surface area contributed by atoms with E-state index in [0.717, 1.165) is 49.0 Å². The van der Waals surface area contributed by atoms with Crippen molar-refractivity contribution in [2.75, 3.05) is 6.54 Å². The lowest BCUT2D eigenvalue weighted by atomic mass is 9.99. The van der Waals surface area contributed by atoms with E-state index >= 15 is 0 Å². The van der Waals surface area contributed by atoms with Crippen LogP contribution in [-0.4, -0.2) is 28.4 Å².